The molecule has 6 heteroatoms. The van der Waals surface area contributed by atoms with Crippen molar-refractivity contribution in [2.75, 3.05) is 6.61 Å². The zero-order valence-corrected chi connectivity index (χ0v) is 12.4. The van der Waals surface area contributed by atoms with Gasteiger partial charge in [-0.15, -0.1) is 18.3 Å². The van der Waals surface area contributed by atoms with Gasteiger partial charge < -0.3 is 4.74 Å². The van der Waals surface area contributed by atoms with E-state index >= 15 is 0 Å². The van der Waals surface area contributed by atoms with Crippen LogP contribution in [0.1, 0.15) is 13.3 Å². The molecule has 0 aliphatic rings. The van der Waals surface area contributed by atoms with Crippen molar-refractivity contribution in [1.82, 2.24) is 0 Å². The van der Waals surface area contributed by atoms with E-state index in [1.54, 1.807) is 30.3 Å². The Bertz CT molecular complexity index is 460. The van der Waals surface area contributed by atoms with E-state index in [0.717, 1.165) is 11.8 Å². The van der Waals surface area contributed by atoms with E-state index < -0.39 is 23.3 Å². The Labute approximate surface area is 126 Å². The molecule has 1 aromatic carbocycles. The molecular formula is C15H17F3O2S. The lowest BCUT2D eigenvalue weighted by atomic mass is 10.0. The fourth-order valence-corrected chi connectivity index (χ4v) is 3.12. The number of carbonyl (C=O) groups excluding carboxylic acids is 1. The number of rotatable bonds is 7. The van der Waals surface area contributed by atoms with Crippen LogP contribution in [0, 0.1) is 5.92 Å². The lowest BCUT2D eigenvalue weighted by Gasteiger charge is -2.26. The van der Waals surface area contributed by atoms with E-state index in [9.17, 15) is 18.0 Å². The first-order chi connectivity index (χ1) is 9.90. The van der Waals surface area contributed by atoms with Gasteiger partial charge in [0.25, 0.3) is 0 Å². The number of hydrogen-bond donors (Lipinski definition) is 0. The zero-order chi connectivity index (χ0) is 15.9. The Morgan fingerprint density at radius 2 is 2.00 bits per heavy atom. The number of hydrogen-bond acceptors (Lipinski definition) is 3. The summed E-state index contributed by atoms with van der Waals surface area (Å²) in [5, 5.41) is -0.996. The molecule has 0 radical (unpaired) electrons. The number of allylic oxidation sites excluding steroid dienone is 1. The van der Waals surface area contributed by atoms with Gasteiger partial charge in [0.05, 0.1) is 6.61 Å². The first-order valence-electron chi connectivity index (χ1n) is 6.46. The SMILES string of the molecule is C=CCC(Sc1ccccc1)C(C(=O)OCC)C(F)(F)F. The Morgan fingerprint density at radius 1 is 1.38 bits per heavy atom. The van der Waals surface area contributed by atoms with Crippen LogP contribution in [0.4, 0.5) is 13.2 Å². The topological polar surface area (TPSA) is 26.3 Å². The van der Waals surface area contributed by atoms with Gasteiger partial charge in [-0.1, -0.05) is 24.3 Å². The van der Waals surface area contributed by atoms with Crippen LogP contribution < -0.4 is 0 Å². The zero-order valence-electron chi connectivity index (χ0n) is 11.6. The van der Waals surface area contributed by atoms with Crippen molar-refractivity contribution < 1.29 is 22.7 Å². The molecule has 2 unspecified atom stereocenters. The molecule has 0 aliphatic carbocycles. The lowest BCUT2D eigenvalue weighted by molar-refractivity contribution is -0.197. The highest BCUT2D eigenvalue weighted by Gasteiger charge is 2.50. The highest BCUT2D eigenvalue weighted by molar-refractivity contribution is 8.00. The third kappa shape index (κ3) is 5.46. The lowest BCUT2D eigenvalue weighted by Crippen LogP contribution is -2.39. The molecule has 116 valence electrons. The summed E-state index contributed by atoms with van der Waals surface area (Å²) in [6, 6.07) is 8.67. The molecule has 0 aliphatic heterocycles. The number of benzene rings is 1. The van der Waals surface area contributed by atoms with E-state index in [2.05, 4.69) is 11.3 Å². The van der Waals surface area contributed by atoms with Crippen LogP contribution in [0.2, 0.25) is 0 Å². The van der Waals surface area contributed by atoms with Gasteiger partial charge in [0.2, 0.25) is 0 Å². The van der Waals surface area contributed by atoms with Crippen molar-refractivity contribution in [1.29, 1.82) is 0 Å². The molecule has 0 saturated carbocycles. The summed E-state index contributed by atoms with van der Waals surface area (Å²) in [6.45, 7) is 4.88. The van der Waals surface area contributed by atoms with Gasteiger partial charge in [-0.25, -0.2) is 0 Å². The van der Waals surface area contributed by atoms with Gasteiger partial charge in [0.15, 0.2) is 5.92 Å². The van der Waals surface area contributed by atoms with E-state index in [-0.39, 0.29) is 13.0 Å². The maximum Gasteiger partial charge on any atom is 0.403 e. The molecule has 0 spiro atoms. The second-order valence-corrected chi connectivity index (χ2v) is 5.58. The Kier molecular flexibility index (Phi) is 6.81. The highest BCUT2D eigenvalue weighted by Crippen LogP contribution is 2.40. The summed E-state index contributed by atoms with van der Waals surface area (Å²) in [4.78, 5) is 12.4. The van der Waals surface area contributed by atoms with Crippen LogP contribution in [-0.2, 0) is 9.53 Å². The molecule has 0 aromatic heterocycles. The summed E-state index contributed by atoms with van der Waals surface area (Å²) >= 11 is 1.01. The number of halogens is 3. The van der Waals surface area contributed by atoms with Crippen molar-refractivity contribution in [3.05, 3.63) is 43.0 Å². The number of alkyl halides is 3. The van der Waals surface area contributed by atoms with Gasteiger partial charge in [-0.05, 0) is 25.5 Å². The smallest absolute Gasteiger partial charge is 0.403 e. The molecule has 0 heterocycles. The minimum atomic E-state index is -4.65. The molecule has 0 bridgehead atoms. The van der Waals surface area contributed by atoms with Gasteiger partial charge in [0, 0.05) is 10.1 Å². The molecule has 2 atom stereocenters. The fraction of sp³-hybridized carbons (Fsp3) is 0.400. The first-order valence-corrected chi connectivity index (χ1v) is 7.34. The maximum absolute atomic E-state index is 13.2. The molecule has 0 saturated heterocycles. The van der Waals surface area contributed by atoms with Crippen LogP contribution >= 0.6 is 11.8 Å². The molecule has 2 nitrogen and oxygen atoms in total. The Balaban J connectivity index is 3.02. The second-order valence-electron chi connectivity index (χ2n) is 4.27. The van der Waals surface area contributed by atoms with E-state index in [4.69, 9.17) is 0 Å². The van der Waals surface area contributed by atoms with Crippen molar-refractivity contribution in [2.24, 2.45) is 5.92 Å². The predicted molar refractivity (Wildman–Crippen MR) is 77.1 cm³/mol. The summed E-state index contributed by atoms with van der Waals surface area (Å²) < 4.78 is 44.3. The average Bonchev–Trinajstić information content (AvgIpc) is 2.39. The molecule has 0 amide bonds. The Hall–Kier alpha value is -1.43. The molecule has 0 fully saturated rings. The third-order valence-corrected chi connectivity index (χ3v) is 4.01. The third-order valence-electron chi connectivity index (χ3n) is 2.69. The largest absolute Gasteiger partial charge is 0.465 e. The number of esters is 1. The van der Waals surface area contributed by atoms with Crippen LogP contribution in [-0.4, -0.2) is 24.0 Å². The van der Waals surface area contributed by atoms with E-state index in [0.29, 0.717) is 4.90 Å². The standard InChI is InChI=1S/C15H17F3O2S/c1-3-8-12(21-11-9-6-5-7-10-11)13(15(16,17)18)14(19)20-4-2/h3,5-7,9-10,12-13H,1,4,8H2,2H3. The van der Waals surface area contributed by atoms with Crippen molar-refractivity contribution in [2.45, 2.75) is 29.7 Å². The second kappa shape index (κ2) is 8.12. The number of thioether (sulfide) groups is 1. The molecule has 1 aromatic rings. The quantitative estimate of drug-likeness (QED) is 0.422. The van der Waals surface area contributed by atoms with Crippen LogP contribution in [0.3, 0.4) is 0 Å². The maximum atomic E-state index is 13.2. The van der Waals surface area contributed by atoms with E-state index in [1.807, 2.05) is 0 Å². The van der Waals surface area contributed by atoms with Gasteiger partial charge in [0.1, 0.15) is 0 Å². The van der Waals surface area contributed by atoms with Crippen molar-refractivity contribution in [3.63, 3.8) is 0 Å². The van der Waals surface area contributed by atoms with Gasteiger partial charge >= 0.3 is 12.1 Å². The Morgan fingerprint density at radius 3 is 2.48 bits per heavy atom. The summed E-state index contributed by atoms with van der Waals surface area (Å²) in [5.74, 6) is -3.40. The molecule has 21 heavy (non-hydrogen) atoms. The average molecular weight is 318 g/mol. The van der Waals surface area contributed by atoms with Crippen molar-refractivity contribution in [3.8, 4) is 0 Å². The van der Waals surface area contributed by atoms with Crippen LogP contribution in [0.15, 0.2) is 47.9 Å². The van der Waals surface area contributed by atoms with Crippen LogP contribution in [0.5, 0.6) is 0 Å². The normalized spacial score (nSPS) is 14.3. The van der Waals surface area contributed by atoms with Gasteiger partial charge in [-0.2, -0.15) is 13.2 Å². The van der Waals surface area contributed by atoms with Crippen LogP contribution in [0.25, 0.3) is 0 Å². The number of ether oxygens (including phenoxy) is 1. The minimum absolute atomic E-state index is 0.0581. The van der Waals surface area contributed by atoms with Gasteiger partial charge in [-0.3, -0.25) is 4.79 Å². The molecule has 1 rings (SSSR count). The molecule has 0 N–H and O–H groups in total. The predicted octanol–water partition coefficient (Wildman–Crippen LogP) is 4.47. The first kappa shape index (κ1) is 17.6. The van der Waals surface area contributed by atoms with E-state index in [1.165, 1.54) is 13.0 Å². The summed E-state index contributed by atoms with van der Waals surface area (Å²) in [7, 11) is 0. The minimum Gasteiger partial charge on any atom is -0.465 e. The highest BCUT2D eigenvalue weighted by atomic mass is 32.2. The van der Waals surface area contributed by atoms with Crippen molar-refractivity contribution >= 4 is 17.7 Å². The molecular weight excluding hydrogens is 301 g/mol. The summed E-state index contributed by atoms with van der Waals surface area (Å²) in [5.41, 5.74) is 0. The monoisotopic (exact) mass is 318 g/mol. The summed E-state index contributed by atoms with van der Waals surface area (Å²) in [6.07, 6.45) is -3.21. The fourth-order valence-electron chi connectivity index (χ4n) is 1.82. The number of carbonyl (C=O) groups is 1.